The lowest BCUT2D eigenvalue weighted by Crippen LogP contribution is -2.13. The van der Waals surface area contributed by atoms with Crippen LogP contribution in [0.3, 0.4) is 0 Å². The van der Waals surface area contributed by atoms with Crippen LogP contribution in [0.1, 0.15) is 10.4 Å². The van der Waals surface area contributed by atoms with Gasteiger partial charge in [-0.15, -0.1) is 10.2 Å². The van der Waals surface area contributed by atoms with Crippen LogP contribution in [0.2, 0.25) is 0 Å². The van der Waals surface area contributed by atoms with Crippen LogP contribution in [-0.2, 0) is 4.79 Å². The summed E-state index contributed by atoms with van der Waals surface area (Å²) >= 11 is 5.63. The predicted molar refractivity (Wildman–Crippen MR) is 114 cm³/mol. The van der Waals surface area contributed by atoms with E-state index in [4.69, 9.17) is 0 Å². The number of rotatable bonds is 7. The number of halogens is 1. The summed E-state index contributed by atoms with van der Waals surface area (Å²) in [4.78, 5) is 34.3. The number of nitrogens with zero attached hydrogens (tertiary/aromatic N) is 3. The molecule has 0 aliphatic heterocycles. The summed E-state index contributed by atoms with van der Waals surface area (Å²) in [6, 6.07) is 12.4. The first-order valence-electron chi connectivity index (χ1n) is 7.98. The summed E-state index contributed by atoms with van der Waals surface area (Å²) < 4.78 is 1.39. The van der Waals surface area contributed by atoms with Crippen LogP contribution >= 0.6 is 39.0 Å². The Morgan fingerprint density at radius 1 is 1.07 bits per heavy atom. The molecule has 0 spiro atoms. The first-order chi connectivity index (χ1) is 13.9. The quantitative estimate of drug-likeness (QED) is 0.218. The number of non-ortho nitro benzene ring substituents is 1. The van der Waals surface area contributed by atoms with Crippen LogP contribution in [0.5, 0.6) is 0 Å². The minimum absolute atomic E-state index is 0.0519. The minimum atomic E-state index is -0.510. The molecule has 0 bridgehead atoms. The average molecular weight is 494 g/mol. The van der Waals surface area contributed by atoms with E-state index in [1.165, 1.54) is 36.0 Å². The molecule has 0 unspecified atom stereocenters. The molecule has 1 heterocycles. The highest BCUT2D eigenvalue weighted by molar-refractivity contribution is 9.10. The molecule has 12 heteroatoms. The first kappa shape index (κ1) is 20.9. The maximum Gasteiger partial charge on any atom is 0.269 e. The summed E-state index contributed by atoms with van der Waals surface area (Å²) in [6.45, 7) is 0. The fourth-order valence-electron chi connectivity index (χ4n) is 2.08. The van der Waals surface area contributed by atoms with E-state index in [-0.39, 0.29) is 23.3 Å². The lowest BCUT2D eigenvalue weighted by atomic mass is 10.2. The van der Waals surface area contributed by atoms with Gasteiger partial charge in [-0.1, -0.05) is 39.0 Å². The molecular formula is C17H12BrN5O4S2. The molecule has 0 saturated carbocycles. The van der Waals surface area contributed by atoms with Crippen molar-refractivity contribution < 1.29 is 14.5 Å². The molecule has 29 heavy (non-hydrogen) atoms. The van der Waals surface area contributed by atoms with Gasteiger partial charge in [0.05, 0.1) is 10.7 Å². The van der Waals surface area contributed by atoms with Gasteiger partial charge in [0.2, 0.25) is 11.0 Å². The molecule has 0 atom stereocenters. The largest absolute Gasteiger partial charge is 0.325 e. The molecule has 3 rings (SSSR count). The van der Waals surface area contributed by atoms with Crippen molar-refractivity contribution in [1.82, 2.24) is 10.2 Å². The van der Waals surface area contributed by atoms with E-state index < -0.39 is 4.92 Å². The molecule has 0 aliphatic carbocycles. The van der Waals surface area contributed by atoms with Gasteiger partial charge >= 0.3 is 0 Å². The van der Waals surface area contributed by atoms with E-state index in [2.05, 4.69) is 36.8 Å². The highest BCUT2D eigenvalue weighted by Crippen LogP contribution is 2.26. The molecule has 2 amide bonds. The second-order valence-electron chi connectivity index (χ2n) is 5.47. The van der Waals surface area contributed by atoms with E-state index >= 15 is 0 Å². The van der Waals surface area contributed by atoms with Crippen LogP contribution in [0.25, 0.3) is 0 Å². The molecular weight excluding hydrogens is 482 g/mol. The van der Waals surface area contributed by atoms with Crippen molar-refractivity contribution in [3.8, 4) is 0 Å². The SMILES string of the molecule is O=C(CSc1nnc(NC(=O)c2ccc(Br)cc2)s1)Nc1ccc([N+](=O)[O-])cc1. The molecule has 2 aromatic carbocycles. The predicted octanol–water partition coefficient (Wildman–Crippen LogP) is 4.19. The van der Waals surface area contributed by atoms with Crippen LogP contribution in [0, 0.1) is 10.1 Å². The zero-order valence-corrected chi connectivity index (χ0v) is 17.7. The van der Waals surface area contributed by atoms with Gasteiger partial charge in [-0.05, 0) is 36.4 Å². The van der Waals surface area contributed by atoms with Crippen LogP contribution in [0.4, 0.5) is 16.5 Å². The van der Waals surface area contributed by atoms with Gasteiger partial charge in [-0.2, -0.15) is 0 Å². The van der Waals surface area contributed by atoms with Gasteiger partial charge in [0.1, 0.15) is 0 Å². The normalized spacial score (nSPS) is 10.4. The molecule has 0 fully saturated rings. The van der Waals surface area contributed by atoms with Crippen molar-refractivity contribution in [3.05, 3.63) is 68.7 Å². The number of thioether (sulfide) groups is 1. The third kappa shape index (κ3) is 6.07. The monoisotopic (exact) mass is 493 g/mol. The number of aromatic nitrogens is 2. The summed E-state index contributed by atoms with van der Waals surface area (Å²) in [5.74, 6) is -0.521. The van der Waals surface area contributed by atoms with E-state index in [0.717, 1.165) is 15.8 Å². The van der Waals surface area contributed by atoms with E-state index in [1.807, 2.05) is 0 Å². The van der Waals surface area contributed by atoms with Gasteiger partial charge in [0.15, 0.2) is 4.34 Å². The zero-order valence-electron chi connectivity index (χ0n) is 14.5. The number of amides is 2. The second kappa shape index (κ2) is 9.58. The van der Waals surface area contributed by atoms with E-state index in [1.54, 1.807) is 24.3 Å². The standard InChI is InChI=1S/C17H12BrN5O4S2/c18-11-3-1-10(2-4-11)15(25)20-16-21-22-17(29-16)28-9-14(24)19-12-5-7-13(8-6-12)23(26)27/h1-8H,9H2,(H,19,24)(H,20,21,25). The van der Waals surface area contributed by atoms with Gasteiger partial charge in [-0.3, -0.25) is 25.0 Å². The van der Waals surface area contributed by atoms with Gasteiger partial charge < -0.3 is 5.32 Å². The summed E-state index contributed by atoms with van der Waals surface area (Å²) in [7, 11) is 0. The van der Waals surface area contributed by atoms with Gasteiger partial charge in [-0.25, -0.2) is 0 Å². The van der Waals surface area contributed by atoms with E-state index in [0.29, 0.717) is 20.7 Å². The number of hydrogen-bond donors (Lipinski definition) is 2. The molecule has 0 aliphatic rings. The third-order valence-corrected chi connectivity index (χ3v) is 5.92. The maximum atomic E-state index is 12.2. The van der Waals surface area contributed by atoms with Crippen molar-refractivity contribution in [2.24, 2.45) is 0 Å². The summed E-state index contributed by atoms with van der Waals surface area (Å²) in [6.07, 6.45) is 0. The third-order valence-electron chi connectivity index (χ3n) is 3.42. The Hall–Kier alpha value is -2.83. The highest BCUT2D eigenvalue weighted by atomic mass is 79.9. The van der Waals surface area contributed by atoms with Gasteiger partial charge in [0, 0.05) is 27.9 Å². The highest BCUT2D eigenvalue weighted by Gasteiger charge is 2.12. The Morgan fingerprint density at radius 2 is 1.76 bits per heavy atom. The smallest absolute Gasteiger partial charge is 0.269 e. The summed E-state index contributed by atoms with van der Waals surface area (Å²) in [5.41, 5.74) is 0.893. The number of nitrogens with one attached hydrogen (secondary N) is 2. The Bertz CT molecular complexity index is 1040. The Morgan fingerprint density at radius 3 is 2.41 bits per heavy atom. The van der Waals surface area contributed by atoms with Crippen molar-refractivity contribution in [1.29, 1.82) is 0 Å². The molecule has 148 valence electrons. The van der Waals surface area contributed by atoms with Crippen LogP contribution in [-0.4, -0.2) is 32.7 Å². The fourth-order valence-corrected chi connectivity index (χ4v) is 3.89. The maximum absolute atomic E-state index is 12.2. The Balaban J connectivity index is 1.49. The lowest BCUT2D eigenvalue weighted by molar-refractivity contribution is -0.384. The minimum Gasteiger partial charge on any atom is -0.325 e. The van der Waals surface area contributed by atoms with E-state index in [9.17, 15) is 19.7 Å². The number of carbonyl (C=O) groups is 2. The number of hydrogen-bond acceptors (Lipinski definition) is 8. The molecule has 1 aromatic heterocycles. The first-order valence-corrected chi connectivity index (χ1v) is 10.6. The van der Waals surface area contributed by atoms with Crippen molar-refractivity contribution >= 4 is 67.3 Å². The van der Waals surface area contributed by atoms with Crippen molar-refractivity contribution in [2.45, 2.75) is 4.34 Å². The second-order valence-corrected chi connectivity index (χ2v) is 8.59. The number of nitro benzene ring substituents is 1. The Kier molecular flexibility index (Phi) is 6.90. The van der Waals surface area contributed by atoms with Crippen LogP contribution in [0.15, 0.2) is 57.3 Å². The molecule has 0 saturated heterocycles. The fraction of sp³-hybridized carbons (Fsp3) is 0.0588. The molecule has 3 aromatic rings. The van der Waals surface area contributed by atoms with Crippen molar-refractivity contribution in [2.75, 3.05) is 16.4 Å². The Labute approximate surface area is 181 Å². The number of benzene rings is 2. The van der Waals surface area contributed by atoms with Gasteiger partial charge in [0.25, 0.3) is 11.6 Å². The molecule has 0 radical (unpaired) electrons. The van der Waals surface area contributed by atoms with Crippen LogP contribution < -0.4 is 10.6 Å². The molecule has 2 N–H and O–H groups in total. The van der Waals surface area contributed by atoms with Crippen molar-refractivity contribution in [3.63, 3.8) is 0 Å². The number of anilines is 2. The molecule has 9 nitrogen and oxygen atoms in total. The zero-order chi connectivity index (χ0) is 20.8. The average Bonchev–Trinajstić information content (AvgIpc) is 3.14. The lowest BCUT2D eigenvalue weighted by Gasteiger charge is -2.03. The summed E-state index contributed by atoms with van der Waals surface area (Å²) in [5, 5.41) is 24.1. The number of nitro groups is 1. The topological polar surface area (TPSA) is 127 Å². The number of carbonyl (C=O) groups excluding carboxylic acids is 2.